The zero-order chi connectivity index (χ0) is 14.8. The fraction of sp³-hybridized carbons (Fsp3) is 0.533. The molecule has 114 valence electrons. The molecule has 2 aliphatic rings. The van der Waals surface area contributed by atoms with Crippen LogP contribution in [0.3, 0.4) is 0 Å². The van der Waals surface area contributed by atoms with Crippen LogP contribution in [0, 0.1) is 0 Å². The molecule has 6 heteroatoms. The van der Waals surface area contributed by atoms with E-state index in [1.54, 1.807) is 0 Å². The molecule has 1 unspecified atom stereocenters. The van der Waals surface area contributed by atoms with Gasteiger partial charge in [-0.15, -0.1) is 0 Å². The summed E-state index contributed by atoms with van der Waals surface area (Å²) in [6, 6.07) is 6.57. The van der Waals surface area contributed by atoms with Crippen molar-refractivity contribution < 1.29 is 5.21 Å². The van der Waals surface area contributed by atoms with E-state index in [9.17, 15) is 0 Å². The van der Waals surface area contributed by atoms with Crippen molar-refractivity contribution in [2.75, 3.05) is 31.1 Å². The molecule has 1 aromatic rings. The van der Waals surface area contributed by atoms with Gasteiger partial charge in [-0.05, 0) is 59.9 Å². The van der Waals surface area contributed by atoms with Gasteiger partial charge in [0.2, 0.25) is 0 Å². The van der Waals surface area contributed by atoms with Gasteiger partial charge in [0.25, 0.3) is 0 Å². The minimum Gasteiger partial charge on any atom is -0.409 e. The lowest BCUT2D eigenvalue weighted by molar-refractivity contribution is 0.273. The SMILES string of the molecule is N/C(=N/O)c1ccc(N2CCCN3CCCC3C2)c(Br)c1. The molecule has 0 radical (unpaired) electrons. The number of amidine groups is 1. The molecule has 0 aromatic heterocycles. The van der Waals surface area contributed by atoms with E-state index in [2.05, 4.69) is 37.0 Å². The lowest BCUT2D eigenvalue weighted by atomic mass is 10.1. The Hall–Kier alpha value is -1.27. The van der Waals surface area contributed by atoms with E-state index in [1.165, 1.54) is 38.0 Å². The van der Waals surface area contributed by atoms with Crippen LogP contribution < -0.4 is 10.6 Å². The smallest absolute Gasteiger partial charge is 0.170 e. The normalized spacial score (nSPS) is 24.0. The second kappa shape index (κ2) is 6.23. The molecule has 21 heavy (non-hydrogen) atoms. The van der Waals surface area contributed by atoms with E-state index in [-0.39, 0.29) is 5.84 Å². The van der Waals surface area contributed by atoms with Crippen LogP contribution in [-0.4, -0.2) is 48.2 Å². The maximum atomic E-state index is 8.77. The standard InChI is InChI=1S/C15H21BrN4O/c16-13-9-11(15(17)18-21)4-5-14(13)20-8-2-7-19-6-1-3-12(19)10-20/h4-5,9,12,21H,1-3,6-8,10H2,(H2,17,18). The van der Waals surface area contributed by atoms with Crippen molar-refractivity contribution in [1.82, 2.24) is 4.90 Å². The Morgan fingerprint density at radius 1 is 1.29 bits per heavy atom. The summed E-state index contributed by atoms with van der Waals surface area (Å²) in [5.41, 5.74) is 7.57. The second-order valence-electron chi connectivity index (χ2n) is 5.78. The van der Waals surface area contributed by atoms with Crippen LogP contribution in [-0.2, 0) is 0 Å². The number of nitrogens with zero attached hydrogens (tertiary/aromatic N) is 3. The van der Waals surface area contributed by atoms with Gasteiger partial charge in [0, 0.05) is 35.7 Å². The Balaban J connectivity index is 1.82. The summed E-state index contributed by atoms with van der Waals surface area (Å²) in [6.45, 7) is 4.62. The van der Waals surface area contributed by atoms with Gasteiger partial charge >= 0.3 is 0 Å². The number of fused-ring (bicyclic) bond motifs is 1. The van der Waals surface area contributed by atoms with Crippen LogP contribution in [0.4, 0.5) is 5.69 Å². The number of halogens is 1. The summed E-state index contributed by atoms with van der Waals surface area (Å²) in [4.78, 5) is 5.08. The number of benzene rings is 1. The Bertz CT molecular complexity index is 548. The van der Waals surface area contributed by atoms with Gasteiger partial charge in [-0.25, -0.2) is 0 Å². The first-order valence-electron chi connectivity index (χ1n) is 7.45. The number of hydrogen-bond donors (Lipinski definition) is 2. The highest BCUT2D eigenvalue weighted by Crippen LogP contribution is 2.31. The zero-order valence-corrected chi connectivity index (χ0v) is 13.6. The number of rotatable bonds is 2. The minimum atomic E-state index is 0.139. The lowest BCUT2D eigenvalue weighted by Gasteiger charge is -2.28. The van der Waals surface area contributed by atoms with E-state index < -0.39 is 0 Å². The number of hydrogen-bond acceptors (Lipinski definition) is 4. The molecule has 0 aliphatic carbocycles. The topological polar surface area (TPSA) is 65.1 Å². The monoisotopic (exact) mass is 352 g/mol. The number of oxime groups is 1. The largest absolute Gasteiger partial charge is 0.409 e. The highest BCUT2D eigenvalue weighted by atomic mass is 79.9. The van der Waals surface area contributed by atoms with E-state index in [4.69, 9.17) is 10.9 Å². The number of nitrogens with two attached hydrogens (primary N) is 1. The highest BCUT2D eigenvalue weighted by molar-refractivity contribution is 9.10. The summed E-state index contributed by atoms with van der Waals surface area (Å²) >= 11 is 3.63. The van der Waals surface area contributed by atoms with Gasteiger partial charge < -0.3 is 15.8 Å². The molecule has 0 amide bonds. The Labute approximate surface area is 133 Å². The molecule has 1 aromatic carbocycles. The summed E-state index contributed by atoms with van der Waals surface area (Å²) in [5, 5.41) is 11.8. The molecule has 3 N–H and O–H groups in total. The molecule has 1 atom stereocenters. The van der Waals surface area contributed by atoms with Crippen LogP contribution in [0.5, 0.6) is 0 Å². The third-order valence-electron chi connectivity index (χ3n) is 4.50. The molecule has 2 aliphatic heterocycles. The van der Waals surface area contributed by atoms with Gasteiger partial charge in [0.15, 0.2) is 5.84 Å². The number of anilines is 1. The van der Waals surface area contributed by atoms with E-state index in [0.717, 1.165) is 23.1 Å². The Morgan fingerprint density at radius 2 is 2.10 bits per heavy atom. The summed E-state index contributed by atoms with van der Waals surface area (Å²) < 4.78 is 0.998. The van der Waals surface area contributed by atoms with Crippen LogP contribution in [0.2, 0.25) is 0 Å². The average molecular weight is 353 g/mol. The van der Waals surface area contributed by atoms with Gasteiger partial charge in [0.05, 0.1) is 5.69 Å². The first kappa shape index (κ1) is 14.7. The Morgan fingerprint density at radius 3 is 2.86 bits per heavy atom. The zero-order valence-electron chi connectivity index (χ0n) is 12.0. The molecule has 0 bridgehead atoms. The van der Waals surface area contributed by atoms with Crippen LogP contribution in [0.25, 0.3) is 0 Å². The molecule has 2 heterocycles. The molecule has 2 fully saturated rings. The van der Waals surface area contributed by atoms with E-state index in [0.29, 0.717) is 6.04 Å². The maximum absolute atomic E-state index is 8.77. The quantitative estimate of drug-likeness (QED) is 0.370. The fourth-order valence-corrected chi connectivity index (χ4v) is 4.04. The lowest BCUT2D eigenvalue weighted by Crippen LogP contribution is -2.36. The summed E-state index contributed by atoms with van der Waals surface area (Å²) in [6.07, 6.45) is 3.82. The first-order chi connectivity index (χ1) is 10.2. The molecule has 3 rings (SSSR count). The highest BCUT2D eigenvalue weighted by Gasteiger charge is 2.29. The molecule has 0 saturated carbocycles. The van der Waals surface area contributed by atoms with E-state index in [1.807, 2.05) is 12.1 Å². The second-order valence-corrected chi connectivity index (χ2v) is 6.64. The van der Waals surface area contributed by atoms with Crippen molar-refractivity contribution in [2.45, 2.75) is 25.3 Å². The summed E-state index contributed by atoms with van der Waals surface area (Å²) in [7, 11) is 0. The molecular formula is C15H21BrN4O. The van der Waals surface area contributed by atoms with Crippen molar-refractivity contribution in [2.24, 2.45) is 10.9 Å². The minimum absolute atomic E-state index is 0.139. The van der Waals surface area contributed by atoms with Gasteiger partial charge in [-0.1, -0.05) is 5.16 Å². The van der Waals surface area contributed by atoms with Gasteiger partial charge in [-0.3, -0.25) is 4.90 Å². The van der Waals surface area contributed by atoms with Crippen molar-refractivity contribution in [3.05, 3.63) is 28.2 Å². The Kier molecular flexibility index (Phi) is 4.35. The molecule has 2 saturated heterocycles. The maximum Gasteiger partial charge on any atom is 0.170 e. The summed E-state index contributed by atoms with van der Waals surface area (Å²) in [5.74, 6) is 0.139. The first-order valence-corrected chi connectivity index (χ1v) is 8.25. The molecular weight excluding hydrogens is 332 g/mol. The van der Waals surface area contributed by atoms with Crippen molar-refractivity contribution in [1.29, 1.82) is 0 Å². The fourth-order valence-electron chi connectivity index (χ4n) is 3.41. The van der Waals surface area contributed by atoms with Gasteiger partial charge in [0.1, 0.15) is 0 Å². The van der Waals surface area contributed by atoms with Gasteiger partial charge in [-0.2, -0.15) is 0 Å². The van der Waals surface area contributed by atoms with Crippen LogP contribution in [0.1, 0.15) is 24.8 Å². The van der Waals surface area contributed by atoms with E-state index >= 15 is 0 Å². The van der Waals surface area contributed by atoms with Crippen molar-refractivity contribution in [3.63, 3.8) is 0 Å². The van der Waals surface area contributed by atoms with Crippen LogP contribution >= 0.6 is 15.9 Å². The molecule has 5 nitrogen and oxygen atoms in total. The average Bonchev–Trinajstić information content (AvgIpc) is 2.83. The van der Waals surface area contributed by atoms with Crippen LogP contribution in [0.15, 0.2) is 27.8 Å². The third-order valence-corrected chi connectivity index (χ3v) is 5.13. The van der Waals surface area contributed by atoms with Crippen molar-refractivity contribution >= 4 is 27.5 Å². The molecule has 0 spiro atoms. The predicted octanol–water partition coefficient (Wildman–Crippen LogP) is 2.22. The third kappa shape index (κ3) is 3.01. The van der Waals surface area contributed by atoms with Crippen molar-refractivity contribution in [3.8, 4) is 0 Å². The predicted molar refractivity (Wildman–Crippen MR) is 88.1 cm³/mol.